The second kappa shape index (κ2) is 6.76. The van der Waals surface area contributed by atoms with Gasteiger partial charge in [0.05, 0.1) is 18.8 Å². The van der Waals surface area contributed by atoms with Crippen LogP contribution in [-0.4, -0.2) is 25.9 Å². The maximum Gasteiger partial charge on any atom is 0.123 e. The molecule has 102 valence electrons. The molecule has 0 saturated carbocycles. The minimum absolute atomic E-state index is 0.110. The zero-order valence-electron chi connectivity index (χ0n) is 12.1. The third-order valence-electron chi connectivity index (χ3n) is 3.07. The Morgan fingerprint density at radius 1 is 1.22 bits per heavy atom. The molecule has 0 bridgehead atoms. The average Bonchev–Trinajstić information content (AvgIpc) is 2.35. The zero-order valence-corrected chi connectivity index (χ0v) is 12.1. The summed E-state index contributed by atoms with van der Waals surface area (Å²) in [6.45, 7) is 9.92. The minimum Gasteiger partial charge on any atom is -0.496 e. The van der Waals surface area contributed by atoms with E-state index in [1.54, 1.807) is 7.11 Å². The van der Waals surface area contributed by atoms with E-state index in [-0.39, 0.29) is 11.6 Å². The molecule has 1 atom stereocenters. The number of benzene rings is 1. The molecular formula is C15H25NO2. The first-order chi connectivity index (χ1) is 8.56. The molecule has 0 spiro atoms. The molecule has 0 saturated heterocycles. The van der Waals surface area contributed by atoms with Crippen LogP contribution in [0.5, 0.6) is 5.75 Å². The third-order valence-corrected chi connectivity index (χ3v) is 3.07. The van der Waals surface area contributed by atoms with Gasteiger partial charge in [0.15, 0.2) is 0 Å². The molecule has 0 aliphatic rings. The van der Waals surface area contributed by atoms with Gasteiger partial charge in [-0.15, -0.1) is 0 Å². The van der Waals surface area contributed by atoms with Crippen LogP contribution >= 0.6 is 0 Å². The van der Waals surface area contributed by atoms with Gasteiger partial charge in [-0.3, -0.25) is 0 Å². The van der Waals surface area contributed by atoms with Crippen molar-refractivity contribution < 1.29 is 9.47 Å². The van der Waals surface area contributed by atoms with Crippen LogP contribution < -0.4 is 10.1 Å². The topological polar surface area (TPSA) is 30.5 Å². The second-order valence-corrected chi connectivity index (χ2v) is 4.77. The molecule has 1 aromatic rings. The maximum atomic E-state index is 5.88. The van der Waals surface area contributed by atoms with Crippen LogP contribution in [0, 0.1) is 0 Å². The summed E-state index contributed by atoms with van der Waals surface area (Å²) < 4.78 is 11.3. The van der Waals surface area contributed by atoms with Gasteiger partial charge in [-0.05, 0) is 33.4 Å². The molecule has 0 radical (unpaired) electrons. The molecule has 0 aromatic heterocycles. The molecule has 18 heavy (non-hydrogen) atoms. The second-order valence-electron chi connectivity index (χ2n) is 4.77. The van der Waals surface area contributed by atoms with E-state index >= 15 is 0 Å². The Hall–Kier alpha value is -1.06. The molecule has 1 aromatic carbocycles. The van der Waals surface area contributed by atoms with Crippen molar-refractivity contribution in [2.45, 2.75) is 39.3 Å². The smallest absolute Gasteiger partial charge is 0.123 e. The summed E-state index contributed by atoms with van der Waals surface area (Å²) in [5.74, 6) is 0.899. The number of methoxy groups -OCH3 is 1. The first kappa shape index (κ1) is 15.0. The summed E-state index contributed by atoms with van der Waals surface area (Å²) in [6.07, 6.45) is 0. The van der Waals surface area contributed by atoms with Gasteiger partial charge in [0.25, 0.3) is 0 Å². The van der Waals surface area contributed by atoms with Crippen LogP contribution in [0.2, 0.25) is 0 Å². The van der Waals surface area contributed by atoms with E-state index in [0.717, 1.165) is 17.9 Å². The number of para-hydroxylation sites is 1. The molecule has 3 heteroatoms. The lowest BCUT2D eigenvalue weighted by Gasteiger charge is -2.35. The summed E-state index contributed by atoms with van der Waals surface area (Å²) in [4.78, 5) is 0. The predicted octanol–water partition coefficient (Wildman–Crippen LogP) is 3.16. The Morgan fingerprint density at radius 3 is 2.44 bits per heavy atom. The van der Waals surface area contributed by atoms with E-state index in [1.807, 2.05) is 25.1 Å². The van der Waals surface area contributed by atoms with Gasteiger partial charge in [-0.1, -0.05) is 25.1 Å². The number of rotatable bonds is 7. The van der Waals surface area contributed by atoms with Gasteiger partial charge >= 0.3 is 0 Å². The fourth-order valence-corrected chi connectivity index (χ4v) is 2.29. The van der Waals surface area contributed by atoms with E-state index in [2.05, 4.69) is 32.2 Å². The summed E-state index contributed by atoms with van der Waals surface area (Å²) in [6, 6.07) is 8.20. The third kappa shape index (κ3) is 3.47. The molecule has 0 aliphatic carbocycles. The Bertz CT molecular complexity index is 363. The van der Waals surface area contributed by atoms with Crippen LogP contribution in [0.3, 0.4) is 0 Å². The van der Waals surface area contributed by atoms with E-state index in [0.29, 0.717) is 6.61 Å². The Balaban J connectivity index is 3.11. The Labute approximate surface area is 110 Å². The summed E-state index contributed by atoms with van der Waals surface area (Å²) in [7, 11) is 1.70. The van der Waals surface area contributed by atoms with Crippen LogP contribution in [0.25, 0.3) is 0 Å². The average molecular weight is 251 g/mol. The molecular weight excluding hydrogens is 226 g/mol. The molecule has 0 amide bonds. The normalized spacial score (nSPS) is 13.4. The fourth-order valence-electron chi connectivity index (χ4n) is 2.29. The number of likely N-dealkylation sites (N-methyl/N-ethyl adjacent to an activating group) is 1. The molecule has 3 nitrogen and oxygen atoms in total. The highest BCUT2D eigenvalue weighted by Crippen LogP contribution is 2.34. The van der Waals surface area contributed by atoms with Crippen LogP contribution in [-0.2, 0) is 4.74 Å². The van der Waals surface area contributed by atoms with Gasteiger partial charge < -0.3 is 14.8 Å². The summed E-state index contributed by atoms with van der Waals surface area (Å²) in [5, 5.41) is 3.49. The molecule has 0 aliphatic heterocycles. The van der Waals surface area contributed by atoms with Crippen molar-refractivity contribution in [3.63, 3.8) is 0 Å². The van der Waals surface area contributed by atoms with Crippen LogP contribution in [0.4, 0.5) is 0 Å². The van der Waals surface area contributed by atoms with Crippen molar-refractivity contribution in [2.24, 2.45) is 0 Å². The Morgan fingerprint density at radius 2 is 1.89 bits per heavy atom. The summed E-state index contributed by atoms with van der Waals surface area (Å²) in [5.41, 5.74) is 0.861. The summed E-state index contributed by atoms with van der Waals surface area (Å²) >= 11 is 0. The lowest BCUT2D eigenvalue weighted by Crippen LogP contribution is -2.41. The lowest BCUT2D eigenvalue weighted by atomic mass is 9.90. The van der Waals surface area contributed by atoms with Gasteiger partial charge in [0.1, 0.15) is 5.75 Å². The minimum atomic E-state index is -0.278. The number of nitrogens with one attached hydrogen (secondary N) is 1. The first-order valence-electron chi connectivity index (χ1n) is 6.57. The van der Waals surface area contributed by atoms with Crippen molar-refractivity contribution >= 4 is 0 Å². The van der Waals surface area contributed by atoms with Crippen LogP contribution in [0.15, 0.2) is 24.3 Å². The standard InChI is InChI=1S/C15H25NO2/c1-6-16-14(15(3,4)18-7-2)12-10-8-9-11-13(12)17-5/h8-11,14,16H,6-7H2,1-5H3. The van der Waals surface area contributed by atoms with Crippen molar-refractivity contribution in [3.8, 4) is 5.75 Å². The monoisotopic (exact) mass is 251 g/mol. The van der Waals surface area contributed by atoms with E-state index in [4.69, 9.17) is 9.47 Å². The quantitative estimate of drug-likeness (QED) is 0.807. The molecule has 1 rings (SSSR count). The zero-order chi connectivity index (χ0) is 13.6. The predicted molar refractivity (Wildman–Crippen MR) is 75.1 cm³/mol. The van der Waals surface area contributed by atoms with Crippen molar-refractivity contribution in [1.82, 2.24) is 5.32 Å². The Kier molecular flexibility index (Phi) is 5.63. The van der Waals surface area contributed by atoms with E-state index < -0.39 is 0 Å². The highest BCUT2D eigenvalue weighted by molar-refractivity contribution is 5.37. The lowest BCUT2D eigenvalue weighted by molar-refractivity contribution is -0.0393. The first-order valence-corrected chi connectivity index (χ1v) is 6.57. The van der Waals surface area contributed by atoms with Crippen molar-refractivity contribution in [1.29, 1.82) is 0 Å². The molecule has 1 unspecified atom stereocenters. The molecule has 0 heterocycles. The number of hydrogen-bond donors (Lipinski definition) is 1. The van der Waals surface area contributed by atoms with Gasteiger partial charge in [-0.25, -0.2) is 0 Å². The van der Waals surface area contributed by atoms with Gasteiger partial charge in [-0.2, -0.15) is 0 Å². The van der Waals surface area contributed by atoms with Gasteiger partial charge in [0, 0.05) is 12.2 Å². The maximum absolute atomic E-state index is 5.88. The highest BCUT2D eigenvalue weighted by atomic mass is 16.5. The van der Waals surface area contributed by atoms with Crippen molar-refractivity contribution in [2.75, 3.05) is 20.3 Å². The van der Waals surface area contributed by atoms with E-state index in [1.165, 1.54) is 0 Å². The van der Waals surface area contributed by atoms with E-state index in [9.17, 15) is 0 Å². The number of ether oxygens (including phenoxy) is 2. The fraction of sp³-hybridized carbons (Fsp3) is 0.600. The molecule has 1 N–H and O–H groups in total. The highest BCUT2D eigenvalue weighted by Gasteiger charge is 2.32. The van der Waals surface area contributed by atoms with Crippen molar-refractivity contribution in [3.05, 3.63) is 29.8 Å². The largest absolute Gasteiger partial charge is 0.496 e. The van der Waals surface area contributed by atoms with Gasteiger partial charge in [0.2, 0.25) is 0 Å². The molecule has 0 fully saturated rings. The SMILES string of the molecule is CCNC(c1ccccc1OC)C(C)(C)OCC. The van der Waals surface area contributed by atoms with Crippen LogP contribution in [0.1, 0.15) is 39.3 Å². The number of hydrogen-bond acceptors (Lipinski definition) is 3.